The van der Waals surface area contributed by atoms with Gasteiger partial charge in [0.1, 0.15) is 17.3 Å². The van der Waals surface area contributed by atoms with Gasteiger partial charge in [0.2, 0.25) is 0 Å². The number of ether oxygens (including phenoxy) is 2. The van der Waals surface area contributed by atoms with Crippen LogP contribution in [0.4, 0.5) is 4.39 Å². The highest BCUT2D eigenvalue weighted by Gasteiger charge is 2.46. The largest absolute Gasteiger partial charge is 0.493 e. The first-order valence-electron chi connectivity index (χ1n) is 10.0. The van der Waals surface area contributed by atoms with Gasteiger partial charge in [-0.3, -0.25) is 4.90 Å². The second-order valence-electron chi connectivity index (χ2n) is 7.84. The Balaban J connectivity index is 1.64. The molecule has 1 heterocycles. The summed E-state index contributed by atoms with van der Waals surface area (Å²) in [4.78, 5) is 2.51. The average molecular weight is 369 g/mol. The van der Waals surface area contributed by atoms with E-state index < -0.39 is 0 Å². The molecule has 1 aliphatic heterocycles. The lowest BCUT2D eigenvalue weighted by Gasteiger charge is -2.56. The number of benzene rings is 2. The second kappa shape index (κ2) is 7.51. The molecule has 0 aromatic heterocycles. The van der Waals surface area contributed by atoms with E-state index in [4.69, 9.17) is 9.47 Å². The van der Waals surface area contributed by atoms with Gasteiger partial charge in [0.15, 0.2) is 0 Å². The predicted octanol–water partition coefficient (Wildman–Crippen LogP) is 5.28. The van der Waals surface area contributed by atoms with Crippen molar-refractivity contribution in [2.24, 2.45) is 5.41 Å². The maximum absolute atomic E-state index is 13.4. The van der Waals surface area contributed by atoms with Crippen molar-refractivity contribution in [3.63, 3.8) is 0 Å². The Hall–Kier alpha value is -2.07. The standard InChI is InChI=1S/C23H28FNO2/c1-3-26-20-12-17(14-25-15-23(16-25)10-5-11-23)13-21(27-4-2)22(20)18-6-8-19(24)9-7-18/h6-9,12-13H,3-5,10-11,14-16H2,1-2H3. The molecule has 2 aromatic rings. The van der Waals surface area contributed by atoms with Crippen molar-refractivity contribution in [3.05, 3.63) is 47.8 Å². The van der Waals surface area contributed by atoms with Crippen LogP contribution >= 0.6 is 0 Å². The molecule has 4 rings (SSSR count). The molecule has 0 N–H and O–H groups in total. The molecule has 1 saturated carbocycles. The molecule has 1 aliphatic carbocycles. The van der Waals surface area contributed by atoms with Gasteiger partial charge in [0.05, 0.1) is 18.8 Å². The van der Waals surface area contributed by atoms with Crippen molar-refractivity contribution in [3.8, 4) is 22.6 Å². The zero-order chi connectivity index (χ0) is 18.9. The summed E-state index contributed by atoms with van der Waals surface area (Å²) in [7, 11) is 0. The number of rotatable bonds is 7. The number of likely N-dealkylation sites (tertiary alicyclic amines) is 1. The van der Waals surface area contributed by atoms with Crippen LogP contribution in [-0.2, 0) is 6.54 Å². The summed E-state index contributed by atoms with van der Waals surface area (Å²) in [6.07, 6.45) is 4.17. The molecule has 1 spiro atoms. The highest BCUT2D eigenvalue weighted by atomic mass is 19.1. The molecular formula is C23H28FNO2. The molecule has 4 heteroatoms. The zero-order valence-electron chi connectivity index (χ0n) is 16.3. The normalized spacial score (nSPS) is 18.0. The molecule has 3 nitrogen and oxygen atoms in total. The van der Waals surface area contributed by atoms with E-state index in [0.29, 0.717) is 18.6 Å². The van der Waals surface area contributed by atoms with E-state index >= 15 is 0 Å². The Kier molecular flexibility index (Phi) is 5.09. The molecule has 2 aromatic carbocycles. The van der Waals surface area contributed by atoms with Crippen LogP contribution < -0.4 is 9.47 Å². The van der Waals surface area contributed by atoms with Crippen molar-refractivity contribution >= 4 is 0 Å². The van der Waals surface area contributed by atoms with Crippen molar-refractivity contribution < 1.29 is 13.9 Å². The summed E-state index contributed by atoms with van der Waals surface area (Å²) >= 11 is 0. The van der Waals surface area contributed by atoms with Gasteiger partial charge >= 0.3 is 0 Å². The Labute approximate surface area is 161 Å². The van der Waals surface area contributed by atoms with Crippen molar-refractivity contribution in [1.29, 1.82) is 0 Å². The fraction of sp³-hybridized carbons (Fsp3) is 0.478. The molecule has 0 atom stereocenters. The third kappa shape index (κ3) is 3.68. The third-order valence-electron chi connectivity index (χ3n) is 5.80. The van der Waals surface area contributed by atoms with E-state index in [2.05, 4.69) is 17.0 Å². The Morgan fingerprint density at radius 3 is 2.04 bits per heavy atom. The van der Waals surface area contributed by atoms with Crippen molar-refractivity contribution in [2.75, 3.05) is 26.3 Å². The van der Waals surface area contributed by atoms with Gasteiger partial charge in [-0.2, -0.15) is 0 Å². The van der Waals surface area contributed by atoms with Crippen LogP contribution in [0.25, 0.3) is 11.1 Å². The topological polar surface area (TPSA) is 21.7 Å². The van der Waals surface area contributed by atoms with Crippen molar-refractivity contribution in [2.45, 2.75) is 39.7 Å². The summed E-state index contributed by atoms with van der Waals surface area (Å²) in [5.74, 6) is 1.38. The van der Waals surface area contributed by atoms with E-state index in [-0.39, 0.29) is 5.82 Å². The van der Waals surface area contributed by atoms with Gasteiger partial charge in [-0.15, -0.1) is 0 Å². The molecule has 144 valence electrons. The van der Waals surface area contributed by atoms with Crippen LogP contribution in [0.5, 0.6) is 11.5 Å². The van der Waals surface area contributed by atoms with Crippen LogP contribution in [0.3, 0.4) is 0 Å². The first-order chi connectivity index (χ1) is 13.1. The second-order valence-corrected chi connectivity index (χ2v) is 7.84. The number of hydrogen-bond donors (Lipinski definition) is 0. The molecule has 27 heavy (non-hydrogen) atoms. The van der Waals surface area contributed by atoms with Gasteiger partial charge in [0.25, 0.3) is 0 Å². The maximum Gasteiger partial charge on any atom is 0.131 e. The van der Waals surface area contributed by atoms with Gasteiger partial charge < -0.3 is 9.47 Å². The van der Waals surface area contributed by atoms with Crippen LogP contribution in [0.2, 0.25) is 0 Å². The molecule has 0 bridgehead atoms. The summed E-state index contributed by atoms with van der Waals surface area (Å²) < 4.78 is 25.3. The third-order valence-corrected chi connectivity index (χ3v) is 5.80. The first kappa shape index (κ1) is 18.3. The van der Waals surface area contributed by atoms with Crippen LogP contribution in [0.15, 0.2) is 36.4 Å². The van der Waals surface area contributed by atoms with E-state index in [9.17, 15) is 4.39 Å². The zero-order valence-corrected chi connectivity index (χ0v) is 16.3. The lowest BCUT2D eigenvalue weighted by molar-refractivity contribution is -0.0645. The van der Waals surface area contributed by atoms with E-state index in [1.54, 1.807) is 12.1 Å². The Morgan fingerprint density at radius 2 is 1.56 bits per heavy atom. The minimum atomic E-state index is -0.242. The average Bonchev–Trinajstić information content (AvgIpc) is 2.58. The summed E-state index contributed by atoms with van der Waals surface area (Å²) in [6.45, 7) is 8.47. The van der Waals surface area contributed by atoms with Crippen LogP contribution in [-0.4, -0.2) is 31.2 Å². The van der Waals surface area contributed by atoms with Crippen LogP contribution in [0.1, 0.15) is 38.7 Å². The van der Waals surface area contributed by atoms with Crippen LogP contribution in [0, 0.1) is 11.2 Å². The molecule has 1 saturated heterocycles. The van der Waals surface area contributed by atoms with E-state index in [1.807, 2.05) is 13.8 Å². The van der Waals surface area contributed by atoms with Crippen molar-refractivity contribution in [1.82, 2.24) is 4.90 Å². The lowest BCUT2D eigenvalue weighted by Crippen LogP contribution is -2.58. The minimum absolute atomic E-state index is 0.242. The van der Waals surface area contributed by atoms with Gasteiger partial charge in [0, 0.05) is 19.6 Å². The van der Waals surface area contributed by atoms with Gasteiger partial charge in [-0.1, -0.05) is 18.6 Å². The number of hydrogen-bond acceptors (Lipinski definition) is 3. The fourth-order valence-corrected chi connectivity index (χ4v) is 4.44. The molecule has 0 amide bonds. The Bertz CT molecular complexity index is 764. The molecule has 0 unspecified atom stereocenters. The first-order valence-corrected chi connectivity index (χ1v) is 10.0. The quantitative estimate of drug-likeness (QED) is 0.663. The smallest absolute Gasteiger partial charge is 0.131 e. The Morgan fingerprint density at radius 1 is 0.963 bits per heavy atom. The maximum atomic E-state index is 13.4. The highest BCUT2D eigenvalue weighted by molar-refractivity contribution is 5.77. The molecule has 0 radical (unpaired) electrons. The van der Waals surface area contributed by atoms with Gasteiger partial charge in [-0.25, -0.2) is 4.39 Å². The lowest BCUT2D eigenvalue weighted by atomic mass is 9.63. The molecular weight excluding hydrogens is 341 g/mol. The number of halogens is 1. The molecule has 2 aliphatic rings. The summed E-state index contributed by atoms with van der Waals surface area (Å²) in [5, 5.41) is 0. The number of nitrogens with zero attached hydrogens (tertiary/aromatic N) is 1. The van der Waals surface area contributed by atoms with Gasteiger partial charge in [-0.05, 0) is 67.5 Å². The van der Waals surface area contributed by atoms with E-state index in [0.717, 1.165) is 29.2 Å². The predicted molar refractivity (Wildman–Crippen MR) is 106 cm³/mol. The van der Waals surface area contributed by atoms with E-state index in [1.165, 1.54) is 50.0 Å². The fourth-order valence-electron chi connectivity index (χ4n) is 4.44. The minimum Gasteiger partial charge on any atom is -0.493 e. The monoisotopic (exact) mass is 369 g/mol. The summed E-state index contributed by atoms with van der Waals surface area (Å²) in [5.41, 5.74) is 3.65. The SMILES string of the molecule is CCOc1cc(CN2CC3(CCC3)C2)cc(OCC)c1-c1ccc(F)cc1. The highest BCUT2D eigenvalue weighted by Crippen LogP contribution is 2.49. The summed E-state index contributed by atoms with van der Waals surface area (Å²) in [6, 6.07) is 10.8. The molecule has 2 fully saturated rings.